The number of ether oxygens (including phenoxy) is 1. The van der Waals surface area contributed by atoms with Crippen LogP contribution in [0.3, 0.4) is 0 Å². The van der Waals surface area contributed by atoms with E-state index in [1.54, 1.807) is 0 Å². The summed E-state index contributed by atoms with van der Waals surface area (Å²) in [5.74, 6) is 1.64. The third-order valence-electron chi connectivity index (χ3n) is 4.36. The Labute approximate surface area is 152 Å². The smallest absolute Gasteiger partial charge is 0.220 e. The molecular weight excluding hydrogens is 324 g/mol. The van der Waals surface area contributed by atoms with Crippen molar-refractivity contribution in [2.24, 2.45) is 5.92 Å². The number of carbonyl (C=O) groups is 1. The first-order valence-electron chi connectivity index (χ1n) is 8.66. The maximum atomic E-state index is 11.8. The van der Waals surface area contributed by atoms with Gasteiger partial charge in [-0.1, -0.05) is 32.9 Å². The molecule has 24 heavy (non-hydrogen) atoms. The number of nitrogens with one attached hydrogen (secondary N) is 2. The molecule has 1 aromatic carbocycles. The molecule has 1 saturated heterocycles. The van der Waals surface area contributed by atoms with E-state index in [0.717, 1.165) is 25.3 Å². The molecule has 1 heterocycles. The minimum atomic E-state index is 0. The van der Waals surface area contributed by atoms with Gasteiger partial charge in [-0.05, 0) is 55.0 Å². The van der Waals surface area contributed by atoms with Gasteiger partial charge >= 0.3 is 0 Å². The molecular formula is C19H31ClN2O2. The first-order chi connectivity index (χ1) is 10.9. The van der Waals surface area contributed by atoms with Crippen LogP contribution in [0.25, 0.3) is 0 Å². The summed E-state index contributed by atoms with van der Waals surface area (Å²) < 4.78 is 5.68. The van der Waals surface area contributed by atoms with Gasteiger partial charge < -0.3 is 15.4 Å². The second-order valence-corrected chi connectivity index (χ2v) is 7.37. The predicted molar refractivity (Wildman–Crippen MR) is 101 cm³/mol. The molecule has 5 heteroatoms. The summed E-state index contributed by atoms with van der Waals surface area (Å²) in [5, 5.41) is 6.26. The van der Waals surface area contributed by atoms with Gasteiger partial charge in [0, 0.05) is 6.42 Å². The fraction of sp³-hybridized carbons (Fsp3) is 0.632. The molecule has 0 aromatic heterocycles. The van der Waals surface area contributed by atoms with Crippen molar-refractivity contribution >= 4 is 18.3 Å². The van der Waals surface area contributed by atoms with Crippen LogP contribution in [0.4, 0.5) is 0 Å². The molecule has 0 spiro atoms. The molecule has 0 saturated carbocycles. The number of benzene rings is 1. The van der Waals surface area contributed by atoms with Crippen molar-refractivity contribution in [3.05, 3.63) is 29.8 Å². The Morgan fingerprint density at radius 2 is 2.00 bits per heavy atom. The Kier molecular flexibility index (Phi) is 8.57. The second-order valence-electron chi connectivity index (χ2n) is 7.37. The minimum Gasteiger partial charge on any atom is -0.492 e. The number of hydrogen-bond acceptors (Lipinski definition) is 3. The quantitative estimate of drug-likeness (QED) is 0.739. The van der Waals surface area contributed by atoms with E-state index >= 15 is 0 Å². The largest absolute Gasteiger partial charge is 0.492 e. The fourth-order valence-electron chi connectivity index (χ4n) is 2.79. The van der Waals surface area contributed by atoms with E-state index in [-0.39, 0.29) is 23.7 Å². The zero-order chi connectivity index (χ0) is 16.7. The summed E-state index contributed by atoms with van der Waals surface area (Å²) in [6, 6.07) is 8.19. The highest BCUT2D eigenvalue weighted by Crippen LogP contribution is 2.24. The Hall–Kier alpha value is -1.26. The van der Waals surface area contributed by atoms with Crippen LogP contribution >= 0.6 is 12.4 Å². The molecule has 1 aliphatic heterocycles. The maximum Gasteiger partial charge on any atom is 0.220 e. The Morgan fingerprint density at radius 1 is 1.29 bits per heavy atom. The second kappa shape index (κ2) is 9.90. The van der Waals surface area contributed by atoms with Gasteiger partial charge in [0.2, 0.25) is 5.91 Å². The normalized spacial score (nSPS) is 17.2. The fourth-order valence-corrected chi connectivity index (χ4v) is 2.79. The lowest BCUT2D eigenvalue weighted by atomic mass is 9.87. The summed E-state index contributed by atoms with van der Waals surface area (Å²) in [5.41, 5.74) is 1.45. The molecule has 1 atom stereocenters. The van der Waals surface area contributed by atoms with Gasteiger partial charge in [-0.15, -0.1) is 12.4 Å². The van der Waals surface area contributed by atoms with Gasteiger partial charge in [0.15, 0.2) is 0 Å². The third kappa shape index (κ3) is 7.10. The van der Waals surface area contributed by atoms with E-state index in [0.29, 0.717) is 25.5 Å². The molecule has 1 unspecified atom stereocenters. The molecule has 1 aliphatic rings. The van der Waals surface area contributed by atoms with Crippen molar-refractivity contribution in [1.29, 1.82) is 0 Å². The van der Waals surface area contributed by atoms with Crippen LogP contribution in [0.15, 0.2) is 24.3 Å². The third-order valence-corrected chi connectivity index (χ3v) is 4.36. The van der Waals surface area contributed by atoms with E-state index in [1.165, 1.54) is 12.0 Å². The number of amides is 1. The predicted octanol–water partition coefficient (Wildman–Crippen LogP) is 3.29. The average Bonchev–Trinajstić information content (AvgIpc) is 3.02. The van der Waals surface area contributed by atoms with Gasteiger partial charge in [-0.2, -0.15) is 0 Å². The van der Waals surface area contributed by atoms with Crippen molar-refractivity contribution in [1.82, 2.24) is 10.6 Å². The molecule has 136 valence electrons. The summed E-state index contributed by atoms with van der Waals surface area (Å²) in [6.45, 7) is 9.80. The Balaban J connectivity index is 0.00000288. The first-order valence-corrected chi connectivity index (χ1v) is 8.66. The van der Waals surface area contributed by atoms with Crippen molar-refractivity contribution in [3.63, 3.8) is 0 Å². The van der Waals surface area contributed by atoms with E-state index in [9.17, 15) is 4.79 Å². The van der Waals surface area contributed by atoms with E-state index in [2.05, 4.69) is 43.5 Å². The molecule has 4 nitrogen and oxygen atoms in total. The van der Waals surface area contributed by atoms with Gasteiger partial charge in [0.1, 0.15) is 12.4 Å². The van der Waals surface area contributed by atoms with Crippen LogP contribution in [-0.2, 0) is 10.2 Å². The zero-order valence-electron chi connectivity index (χ0n) is 15.1. The molecule has 0 bridgehead atoms. The molecule has 1 aromatic rings. The lowest BCUT2D eigenvalue weighted by Gasteiger charge is -2.19. The van der Waals surface area contributed by atoms with Gasteiger partial charge in [0.05, 0.1) is 6.54 Å². The number of carbonyl (C=O) groups excluding carboxylic acids is 1. The highest BCUT2D eigenvalue weighted by atomic mass is 35.5. The maximum absolute atomic E-state index is 11.8. The molecule has 2 N–H and O–H groups in total. The molecule has 1 fully saturated rings. The summed E-state index contributed by atoms with van der Waals surface area (Å²) >= 11 is 0. The standard InChI is InChI=1S/C19H30N2O2.ClH/c1-19(2,3)16-5-7-17(8-6-16)23-13-12-21-18(22)9-4-15-10-11-20-14-15;/h5-8,15,20H,4,9-14H2,1-3H3,(H,21,22);1H. The molecule has 0 aliphatic carbocycles. The van der Waals surface area contributed by atoms with E-state index < -0.39 is 0 Å². The molecule has 2 rings (SSSR count). The van der Waals surface area contributed by atoms with Crippen molar-refractivity contribution < 1.29 is 9.53 Å². The van der Waals surface area contributed by atoms with Gasteiger partial charge in [-0.25, -0.2) is 0 Å². The topological polar surface area (TPSA) is 50.4 Å². The lowest BCUT2D eigenvalue weighted by molar-refractivity contribution is -0.121. The Bertz CT molecular complexity index is 491. The van der Waals surface area contributed by atoms with Crippen LogP contribution in [0, 0.1) is 5.92 Å². The molecule has 0 radical (unpaired) electrons. The zero-order valence-corrected chi connectivity index (χ0v) is 15.9. The van der Waals surface area contributed by atoms with E-state index in [4.69, 9.17) is 4.74 Å². The van der Waals surface area contributed by atoms with Crippen molar-refractivity contribution in [2.75, 3.05) is 26.2 Å². The van der Waals surface area contributed by atoms with Gasteiger partial charge in [-0.3, -0.25) is 4.79 Å². The monoisotopic (exact) mass is 354 g/mol. The summed E-state index contributed by atoms with van der Waals surface area (Å²) in [4.78, 5) is 11.8. The molecule has 1 amide bonds. The number of hydrogen-bond donors (Lipinski definition) is 2. The number of halogens is 1. The Morgan fingerprint density at radius 3 is 2.58 bits per heavy atom. The van der Waals surface area contributed by atoms with Crippen LogP contribution in [0.2, 0.25) is 0 Å². The number of rotatable bonds is 7. The van der Waals surface area contributed by atoms with Crippen LogP contribution < -0.4 is 15.4 Å². The van der Waals surface area contributed by atoms with Crippen molar-refractivity contribution in [2.45, 2.75) is 45.4 Å². The van der Waals surface area contributed by atoms with Crippen LogP contribution in [0.5, 0.6) is 5.75 Å². The van der Waals surface area contributed by atoms with Crippen LogP contribution in [-0.4, -0.2) is 32.1 Å². The van der Waals surface area contributed by atoms with Crippen LogP contribution in [0.1, 0.15) is 45.6 Å². The highest BCUT2D eigenvalue weighted by Gasteiger charge is 2.15. The van der Waals surface area contributed by atoms with Gasteiger partial charge in [0.25, 0.3) is 0 Å². The highest BCUT2D eigenvalue weighted by molar-refractivity contribution is 5.85. The average molecular weight is 355 g/mol. The summed E-state index contributed by atoms with van der Waals surface area (Å²) in [7, 11) is 0. The van der Waals surface area contributed by atoms with E-state index in [1.807, 2.05) is 12.1 Å². The van der Waals surface area contributed by atoms with Crippen molar-refractivity contribution in [3.8, 4) is 5.75 Å². The lowest BCUT2D eigenvalue weighted by Crippen LogP contribution is -2.28. The minimum absolute atomic E-state index is 0. The summed E-state index contributed by atoms with van der Waals surface area (Å²) in [6.07, 6.45) is 2.79. The first kappa shape index (κ1) is 20.8. The SMILES string of the molecule is CC(C)(C)c1ccc(OCCNC(=O)CCC2CCNC2)cc1.Cl.